The molecule has 0 heterocycles. The molecule has 1 aliphatic carbocycles. The average Bonchev–Trinajstić information content (AvgIpc) is 2.37. The Morgan fingerprint density at radius 3 is 2.70 bits per heavy atom. The van der Waals surface area contributed by atoms with E-state index in [1.165, 1.54) is 17.5 Å². The molecule has 20 heavy (non-hydrogen) atoms. The molecule has 0 amide bonds. The monoisotopic (exact) mass is 274 g/mol. The Morgan fingerprint density at radius 2 is 2.10 bits per heavy atom. The van der Waals surface area contributed by atoms with E-state index in [4.69, 9.17) is 4.74 Å². The zero-order valence-corrected chi connectivity index (χ0v) is 13.2. The first-order chi connectivity index (χ1) is 9.44. The first kappa shape index (κ1) is 15.1. The number of Topliss-reactive ketones (excluding diaryl/α,β-unsaturated/α-hetero) is 1. The molecule has 110 valence electrons. The van der Waals surface area contributed by atoms with Gasteiger partial charge in [-0.3, -0.25) is 4.79 Å². The fourth-order valence-electron chi connectivity index (χ4n) is 3.46. The molecule has 0 saturated heterocycles. The van der Waals surface area contributed by atoms with Crippen molar-refractivity contribution in [3.8, 4) is 5.75 Å². The Hall–Kier alpha value is -1.31. The number of hydrogen-bond donors (Lipinski definition) is 0. The highest BCUT2D eigenvalue weighted by Crippen LogP contribution is 2.41. The summed E-state index contributed by atoms with van der Waals surface area (Å²) in [6.07, 6.45) is 4.95. The third kappa shape index (κ3) is 3.23. The molecule has 1 aromatic rings. The van der Waals surface area contributed by atoms with Gasteiger partial charge in [0.25, 0.3) is 0 Å². The number of aryl methyl sites for hydroxylation is 2. The van der Waals surface area contributed by atoms with E-state index in [1.54, 1.807) is 7.11 Å². The van der Waals surface area contributed by atoms with Crippen LogP contribution in [0.3, 0.4) is 0 Å². The van der Waals surface area contributed by atoms with Gasteiger partial charge in [-0.05, 0) is 55.2 Å². The van der Waals surface area contributed by atoms with Gasteiger partial charge in [0, 0.05) is 12.3 Å². The van der Waals surface area contributed by atoms with E-state index >= 15 is 0 Å². The first-order valence-corrected chi connectivity index (χ1v) is 7.60. The molecule has 0 radical (unpaired) electrons. The van der Waals surface area contributed by atoms with Gasteiger partial charge in [-0.15, -0.1) is 0 Å². The molecule has 0 aromatic heterocycles. The van der Waals surface area contributed by atoms with Crippen LogP contribution >= 0.6 is 0 Å². The molecule has 2 heteroatoms. The molecule has 0 N–H and O–H groups in total. The summed E-state index contributed by atoms with van der Waals surface area (Å²) >= 11 is 0. The van der Waals surface area contributed by atoms with Gasteiger partial charge in [0.2, 0.25) is 0 Å². The lowest BCUT2D eigenvalue weighted by Crippen LogP contribution is -2.35. The van der Waals surface area contributed by atoms with Gasteiger partial charge in [-0.25, -0.2) is 0 Å². The summed E-state index contributed by atoms with van der Waals surface area (Å²) in [4.78, 5) is 12.2. The maximum absolute atomic E-state index is 12.2. The molecule has 0 spiro atoms. The predicted molar refractivity (Wildman–Crippen MR) is 82.2 cm³/mol. The van der Waals surface area contributed by atoms with E-state index in [1.807, 2.05) is 6.07 Å². The van der Waals surface area contributed by atoms with Gasteiger partial charge >= 0.3 is 0 Å². The van der Waals surface area contributed by atoms with Crippen LogP contribution in [0.4, 0.5) is 0 Å². The number of benzene rings is 1. The quantitative estimate of drug-likeness (QED) is 0.816. The Bertz CT molecular complexity index is 488. The van der Waals surface area contributed by atoms with E-state index in [0.29, 0.717) is 5.78 Å². The van der Waals surface area contributed by atoms with Crippen molar-refractivity contribution >= 4 is 5.78 Å². The summed E-state index contributed by atoms with van der Waals surface area (Å²) in [5.41, 5.74) is 2.63. The second kappa shape index (κ2) is 5.99. The lowest BCUT2D eigenvalue weighted by molar-refractivity contribution is -0.129. The van der Waals surface area contributed by atoms with Crippen molar-refractivity contribution in [2.75, 3.05) is 7.11 Å². The molecule has 2 nitrogen and oxygen atoms in total. The van der Waals surface area contributed by atoms with Crippen molar-refractivity contribution in [2.24, 2.45) is 11.3 Å². The largest absolute Gasteiger partial charge is 0.496 e. The molecule has 1 unspecified atom stereocenters. The summed E-state index contributed by atoms with van der Waals surface area (Å²) in [5, 5.41) is 0. The number of hydrogen-bond acceptors (Lipinski definition) is 2. The number of carbonyl (C=O) groups is 1. The molecule has 2 rings (SSSR count). The maximum atomic E-state index is 12.2. The van der Waals surface area contributed by atoms with Crippen LogP contribution in [-0.2, 0) is 11.2 Å². The SMILES string of the molecule is COc1ccc(CCC2C(=O)CCCC2(C)C)cc1C. The van der Waals surface area contributed by atoms with E-state index in [9.17, 15) is 4.79 Å². The lowest BCUT2D eigenvalue weighted by atomic mass is 9.66. The van der Waals surface area contributed by atoms with E-state index in [-0.39, 0.29) is 11.3 Å². The maximum Gasteiger partial charge on any atom is 0.136 e. The summed E-state index contributed by atoms with van der Waals surface area (Å²) in [7, 11) is 1.70. The topological polar surface area (TPSA) is 26.3 Å². The Balaban J connectivity index is 2.04. The third-order valence-corrected chi connectivity index (χ3v) is 4.76. The molecule has 1 aromatic carbocycles. The Kier molecular flexibility index (Phi) is 4.52. The van der Waals surface area contributed by atoms with E-state index < -0.39 is 0 Å². The predicted octanol–water partition coefficient (Wildman–Crippen LogP) is 4.33. The lowest BCUT2D eigenvalue weighted by Gasteiger charge is -2.37. The van der Waals surface area contributed by atoms with Gasteiger partial charge < -0.3 is 4.74 Å². The Morgan fingerprint density at radius 1 is 1.35 bits per heavy atom. The molecule has 1 aliphatic rings. The minimum atomic E-state index is 0.164. The molecule has 1 fully saturated rings. The third-order valence-electron chi connectivity index (χ3n) is 4.76. The molecular formula is C18H26O2. The number of ether oxygens (including phenoxy) is 1. The van der Waals surface area contributed by atoms with Crippen LogP contribution in [0.5, 0.6) is 5.75 Å². The number of ketones is 1. The van der Waals surface area contributed by atoms with Crippen LogP contribution in [0.25, 0.3) is 0 Å². The zero-order chi connectivity index (χ0) is 14.8. The van der Waals surface area contributed by atoms with Gasteiger partial charge in [0.05, 0.1) is 7.11 Å². The Labute approximate surface area is 122 Å². The highest BCUT2D eigenvalue weighted by Gasteiger charge is 2.37. The van der Waals surface area contributed by atoms with Gasteiger partial charge in [-0.2, -0.15) is 0 Å². The van der Waals surface area contributed by atoms with Crippen molar-refractivity contribution in [2.45, 2.75) is 52.9 Å². The van der Waals surface area contributed by atoms with Crippen LogP contribution < -0.4 is 4.74 Å². The van der Waals surface area contributed by atoms with Crippen molar-refractivity contribution in [3.63, 3.8) is 0 Å². The second-order valence-electron chi connectivity index (χ2n) is 6.70. The summed E-state index contributed by atoms with van der Waals surface area (Å²) < 4.78 is 5.29. The van der Waals surface area contributed by atoms with Gasteiger partial charge in [-0.1, -0.05) is 26.0 Å². The average molecular weight is 274 g/mol. The van der Waals surface area contributed by atoms with Crippen LogP contribution in [0.2, 0.25) is 0 Å². The van der Waals surface area contributed by atoms with Crippen LogP contribution in [0.1, 0.15) is 50.7 Å². The number of carbonyl (C=O) groups excluding carboxylic acids is 1. The van der Waals surface area contributed by atoms with Crippen LogP contribution in [0.15, 0.2) is 18.2 Å². The van der Waals surface area contributed by atoms with Crippen molar-refractivity contribution in [1.29, 1.82) is 0 Å². The fraction of sp³-hybridized carbons (Fsp3) is 0.611. The summed E-state index contributed by atoms with van der Waals surface area (Å²) in [6.45, 7) is 6.56. The van der Waals surface area contributed by atoms with Gasteiger partial charge in [0.1, 0.15) is 11.5 Å². The molecular weight excluding hydrogens is 248 g/mol. The molecule has 1 saturated carbocycles. The van der Waals surface area contributed by atoms with E-state index in [2.05, 4.69) is 32.9 Å². The molecule has 1 atom stereocenters. The fourth-order valence-corrected chi connectivity index (χ4v) is 3.46. The second-order valence-corrected chi connectivity index (χ2v) is 6.70. The standard InChI is InChI=1S/C18H26O2/c1-13-12-14(8-10-17(13)20-4)7-9-15-16(19)6-5-11-18(15,2)3/h8,10,12,15H,5-7,9,11H2,1-4H3. The number of rotatable bonds is 4. The minimum absolute atomic E-state index is 0.164. The van der Waals surface area contributed by atoms with Gasteiger partial charge in [0.15, 0.2) is 0 Å². The van der Waals surface area contributed by atoms with Crippen molar-refractivity contribution in [3.05, 3.63) is 29.3 Å². The zero-order valence-electron chi connectivity index (χ0n) is 13.2. The van der Waals surface area contributed by atoms with Crippen LogP contribution in [0, 0.1) is 18.3 Å². The van der Waals surface area contributed by atoms with Crippen molar-refractivity contribution in [1.82, 2.24) is 0 Å². The molecule has 0 bridgehead atoms. The van der Waals surface area contributed by atoms with Crippen molar-refractivity contribution < 1.29 is 9.53 Å². The first-order valence-electron chi connectivity index (χ1n) is 7.60. The highest BCUT2D eigenvalue weighted by atomic mass is 16.5. The highest BCUT2D eigenvalue weighted by molar-refractivity contribution is 5.82. The summed E-state index contributed by atoms with van der Waals surface area (Å²) in [6, 6.07) is 6.32. The smallest absolute Gasteiger partial charge is 0.136 e. The normalized spacial score (nSPS) is 21.8. The van der Waals surface area contributed by atoms with E-state index in [0.717, 1.165) is 31.4 Å². The number of methoxy groups -OCH3 is 1. The molecule has 0 aliphatic heterocycles. The van der Waals surface area contributed by atoms with Crippen LogP contribution in [-0.4, -0.2) is 12.9 Å². The summed E-state index contributed by atoms with van der Waals surface area (Å²) in [5.74, 6) is 1.62. The minimum Gasteiger partial charge on any atom is -0.496 e.